The Hall–Kier alpha value is -1.06. The summed E-state index contributed by atoms with van der Waals surface area (Å²) in [6, 6.07) is -0.320. The lowest BCUT2D eigenvalue weighted by Gasteiger charge is -2.15. The Balaban J connectivity index is 0.00000361. The predicted octanol–water partition coefficient (Wildman–Crippen LogP) is 0.511. The lowest BCUT2D eigenvalue weighted by atomic mass is 10.3. The van der Waals surface area contributed by atoms with Crippen LogP contribution < -0.4 is 16.0 Å². The first-order chi connectivity index (χ1) is 9.19. The lowest BCUT2D eigenvalue weighted by molar-refractivity contribution is -0.124. The van der Waals surface area contributed by atoms with Gasteiger partial charge in [-0.3, -0.25) is 14.7 Å². The number of aliphatic imine (C=N–C) groups is 1. The molecule has 0 spiro atoms. The van der Waals surface area contributed by atoms with Crippen LogP contribution in [0.2, 0.25) is 0 Å². The van der Waals surface area contributed by atoms with Crippen LogP contribution in [0.15, 0.2) is 4.99 Å². The number of rotatable bonds is 7. The molecule has 1 saturated heterocycles. The molecule has 0 atom stereocenters. The number of halogens is 1. The molecule has 0 aromatic carbocycles. The average molecular weight is 397 g/mol. The van der Waals surface area contributed by atoms with Crippen LogP contribution in [0.3, 0.4) is 0 Å². The van der Waals surface area contributed by atoms with Crippen molar-refractivity contribution in [3.05, 3.63) is 0 Å². The van der Waals surface area contributed by atoms with Crippen molar-refractivity contribution in [1.29, 1.82) is 0 Å². The molecule has 20 heavy (non-hydrogen) atoms. The Kier molecular flexibility index (Phi) is 10.1. The number of guanidine groups is 1. The zero-order chi connectivity index (χ0) is 14.1. The smallest absolute Gasteiger partial charge is 0.324 e. The first-order valence-corrected chi connectivity index (χ1v) is 6.79. The van der Waals surface area contributed by atoms with E-state index in [1.165, 1.54) is 4.90 Å². The molecular weight excluding hydrogens is 373 g/mol. The minimum absolute atomic E-state index is 0. The van der Waals surface area contributed by atoms with Gasteiger partial charge in [-0.2, -0.15) is 0 Å². The molecule has 0 saturated carbocycles. The molecule has 8 heteroatoms. The van der Waals surface area contributed by atoms with Gasteiger partial charge < -0.3 is 16.0 Å². The number of unbranched alkanes of at least 4 members (excludes halogenated alkanes) is 1. The predicted molar refractivity (Wildman–Crippen MR) is 89.4 cm³/mol. The van der Waals surface area contributed by atoms with E-state index in [-0.39, 0.29) is 42.5 Å². The van der Waals surface area contributed by atoms with Crippen molar-refractivity contribution in [2.45, 2.75) is 26.7 Å². The quantitative estimate of drug-likeness (QED) is 0.192. The molecule has 0 aromatic rings. The summed E-state index contributed by atoms with van der Waals surface area (Å²) in [4.78, 5) is 28.3. The summed E-state index contributed by atoms with van der Waals surface area (Å²) in [6.45, 7) is 6.61. The van der Waals surface area contributed by atoms with E-state index >= 15 is 0 Å². The van der Waals surface area contributed by atoms with Gasteiger partial charge in [-0.25, -0.2) is 4.79 Å². The number of carbonyl (C=O) groups excluding carboxylic acids is 2. The van der Waals surface area contributed by atoms with E-state index < -0.39 is 0 Å². The Morgan fingerprint density at radius 1 is 1.35 bits per heavy atom. The van der Waals surface area contributed by atoms with Crippen molar-refractivity contribution >= 4 is 41.9 Å². The second kappa shape index (κ2) is 10.7. The van der Waals surface area contributed by atoms with E-state index in [2.05, 4.69) is 27.9 Å². The van der Waals surface area contributed by atoms with Crippen molar-refractivity contribution in [3.63, 3.8) is 0 Å². The van der Waals surface area contributed by atoms with Gasteiger partial charge in [0.05, 0.1) is 6.54 Å². The molecule has 1 aliphatic heterocycles. The minimum Gasteiger partial charge on any atom is -0.357 e. The SMILES string of the molecule is CCCCN=C(NCC)NCCN1C(=O)CNC1=O.I. The van der Waals surface area contributed by atoms with Gasteiger partial charge in [-0.05, 0) is 13.3 Å². The first-order valence-electron chi connectivity index (χ1n) is 6.79. The van der Waals surface area contributed by atoms with Crippen LogP contribution in [0.1, 0.15) is 26.7 Å². The van der Waals surface area contributed by atoms with Crippen LogP contribution in [-0.4, -0.2) is 55.5 Å². The Morgan fingerprint density at radius 2 is 2.10 bits per heavy atom. The standard InChI is InChI=1S/C12H23N5O2.HI/c1-3-5-6-14-11(13-4-2)15-7-8-17-10(18)9-16-12(17)19;/h3-9H2,1-2H3,(H,16,19)(H2,13,14,15);1H. The fraction of sp³-hybridized carbons (Fsp3) is 0.750. The largest absolute Gasteiger partial charge is 0.357 e. The van der Waals surface area contributed by atoms with E-state index in [9.17, 15) is 9.59 Å². The maximum absolute atomic E-state index is 11.4. The number of amides is 3. The van der Waals surface area contributed by atoms with Crippen LogP contribution >= 0.6 is 24.0 Å². The van der Waals surface area contributed by atoms with E-state index in [1.807, 2.05) is 6.92 Å². The summed E-state index contributed by atoms with van der Waals surface area (Å²) in [6.07, 6.45) is 2.15. The molecule has 7 nitrogen and oxygen atoms in total. The van der Waals surface area contributed by atoms with Gasteiger partial charge in [0, 0.05) is 26.2 Å². The van der Waals surface area contributed by atoms with E-state index in [1.54, 1.807) is 0 Å². The molecule has 116 valence electrons. The summed E-state index contributed by atoms with van der Waals surface area (Å²) in [5.41, 5.74) is 0. The van der Waals surface area contributed by atoms with Crippen molar-refractivity contribution in [2.24, 2.45) is 4.99 Å². The highest BCUT2D eigenvalue weighted by Crippen LogP contribution is 1.96. The number of hydrogen-bond donors (Lipinski definition) is 3. The Labute approximate surface area is 137 Å². The number of hydrogen-bond acceptors (Lipinski definition) is 3. The van der Waals surface area contributed by atoms with Crippen LogP contribution in [0.25, 0.3) is 0 Å². The molecule has 3 N–H and O–H groups in total. The van der Waals surface area contributed by atoms with E-state index in [0.717, 1.165) is 31.9 Å². The van der Waals surface area contributed by atoms with Crippen LogP contribution in [0, 0.1) is 0 Å². The van der Waals surface area contributed by atoms with Gasteiger partial charge in [0.2, 0.25) is 5.91 Å². The van der Waals surface area contributed by atoms with Gasteiger partial charge in [-0.15, -0.1) is 24.0 Å². The number of imide groups is 1. The van der Waals surface area contributed by atoms with Gasteiger partial charge in [-0.1, -0.05) is 13.3 Å². The van der Waals surface area contributed by atoms with Crippen molar-refractivity contribution in [3.8, 4) is 0 Å². The zero-order valence-corrected chi connectivity index (χ0v) is 14.4. The first kappa shape index (κ1) is 18.9. The highest BCUT2D eigenvalue weighted by atomic mass is 127. The fourth-order valence-corrected chi connectivity index (χ4v) is 1.66. The highest BCUT2D eigenvalue weighted by molar-refractivity contribution is 14.0. The van der Waals surface area contributed by atoms with Gasteiger partial charge in [0.1, 0.15) is 0 Å². The molecule has 0 radical (unpaired) electrons. The van der Waals surface area contributed by atoms with Crippen LogP contribution in [0.4, 0.5) is 4.79 Å². The van der Waals surface area contributed by atoms with Gasteiger partial charge >= 0.3 is 6.03 Å². The minimum atomic E-state index is -0.320. The summed E-state index contributed by atoms with van der Waals surface area (Å²) >= 11 is 0. The lowest BCUT2D eigenvalue weighted by Crippen LogP contribution is -2.43. The summed E-state index contributed by atoms with van der Waals surface area (Å²) in [5.74, 6) is 0.544. The van der Waals surface area contributed by atoms with Crippen molar-refractivity contribution in [1.82, 2.24) is 20.9 Å². The third-order valence-electron chi connectivity index (χ3n) is 2.69. The molecule has 1 heterocycles. The van der Waals surface area contributed by atoms with Crippen molar-refractivity contribution < 1.29 is 9.59 Å². The molecule has 0 aliphatic carbocycles. The monoisotopic (exact) mass is 397 g/mol. The Morgan fingerprint density at radius 3 is 2.65 bits per heavy atom. The molecule has 1 aliphatic rings. The molecule has 3 amide bonds. The fourth-order valence-electron chi connectivity index (χ4n) is 1.66. The molecule has 0 unspecified atom stereocenters. The maximum Gasteiger partial charge on any atom is 0.324 e. The number of carbonyl (C=O) groups is 2. The number of nitrogens with zero attached hydrogens (tertiary/aromatic N) is 2. The molecular formula is C12H24IN5O2. The van der Waals surface area contributed by atoms with Gasteiger partial charge in [0.25, 0.3) is 0 Å². The van der Waals surface area contributed by atoms with Crippen molar-refractivity contribution in [2.75, 3.05) is 32.7 Å². The summed E-state index contributed by atoms with van der Waals surface area (Å²) in [7, 11) is 0. The molecule has 0 bridgehead atoms. The number of nitrogens with one attached hydrogen (secondary N) is 3. The van der Waals surface area contributed by atoms with Crippen LogP contribution in [-0.2, 0) is 4.79 Å². The Bertz CT molecular complexity index is 333. The summed E-state index contributed by atoms with van der Waals surface area (Å²) in [5, 5.41) is 8.73. The van der Waals surface area contributed by atoms with E-state index in [4.69, 9.17) is 0 Å². The second-order valence-corrected chi connectivity index (χ2v) is 4.25. The normalized spacial score (nSPS) is 14.9. The molecule has 1 fully saturated rings. The number of urea groups is 1. The zero-order valence-electron chi connectivity index (χ0n) is 12.1. The summed E-state index contributed by atoms with van der Waals surface area (Å²) < 4.78 is 0. The van der Waals surface area contributed by atoms with E-state index in [0.29, 0.717) is 13.1 Å². The third-order valence-corrected chi connectivity index (χ3v) is 2.69. The topological polar surface area (TPSA) is 85.8 Å². The van der Waals surface area contributed by atoms with Gasteiger partial charge in [0.15, 0.2) is 5.96 Å². The maximum atomic E-state index is 11.4. The second-order valence-electron chi connectivity index (χ2n) is 4.25. The molecule has 0 aromatic heterocycles. The average Bonchev–Trinajstić information content (AvgIpc) is 2.70. The third kappa shape index (κ3) is 6.40. The highest BCUT2D eigenvalue weighted by Gasteiger charge is 2.27. The van der Waals surface area contributed by atoms with Crippen LogP contribution in [0.5, 0.6) is 0 Å². The molecule has 1 rings (SSSR count).